The molecule has 0 bridgehead atoms. The van der Waals surface area contributed by atoms with Gasteiger partial charge in [-0.25, -0.2) is 9.37 Å². The lowest BCUT2D eigenvalue weighted by atomic mass is 10.0. The predicted octanol–water partition coefficient (Wildman–Crippen LogP) is 4.75. The molecule has 0 N–H and O–H groups in total. The summed E-state index contributed by atoms with van der Waals surface area (Å²) in [6.07, 6.45) is 0. The van der Waals surface area contributed by atoms with Crippen molar-refractivity contribution in [2.75, 3.05) is 6.54 Å². The number of carbonyl (C=O) groups is 1. The molecule has 0 aliphatic heterocycles. The number of amides is 1. The molecule has 0 saturated carbocycles. The minimum atomic E-state index is -0.309. The Labute approximate surface area is 174 Å². The Morgan fingerprint density at radius 1 is 1.10 bits per heavy atom. The van der Waals surface area contributed by atoms with E-state index in [-0.39, 0.29) is 11.7 Å². The maximum Gasteiger partial charge on any atom is 0.255 e. The average molecular weight is 402 g/mol. The van der Waals surface area contributed by atoms with Gasteiger partial charge in [-0.15, -0.1) is 0 Å². The average Bonchev–Trinajstić information content (AvgIpc) is 3.05. The quantitative estimate of drug-likeness (QED) is 0.484. The van der Waals surface area contributed by atoms with Crippen LogP contribution in [-0.4, -0.2) is 32.1 Å². The molecule has 6 heteroatoms. The lowest BCUT2D eigenvalue weighted by molar-refractivity contribution is 0.0754. The summed E-state index contributed by atoms with van der Waals surface area (Å²) < 4.78 is 15.3. The molecule has 0 aliphatic rings. The van der Waals surface area contributed by atoms with E-state index in [2.05, 4.69) is 5.10 Å². The smallest absolute Gasteiger partial charge is 0.255 e. The van der Waals surface area contributed by atoms with Crippen molar-refractivity contribution in [1.82, 2.24) is 19.7 Å². The first-order valence-corrected chi connectivity index (χ1v) is 9.91. The van der Waals surface area contributed by atoms with Gasteiger partial charge in [-0.05, 0) is 37.6 Å². The Morgan fingerprint density at radius 3 is 2.57 bits per heavy atom. The number of aryl methyl sites for hydroxylation is 2. The zero-order valence-electron chi connectivity index (χ0n) is 17.3. The van der Waals surface area contributed by atoms with Crippen LogP contribution in [0.1, 0.15) is 28.5 Å². The Morgan fingerprint density at radius 2 is 1.87 bits per heavy atom. The maximum atomic E-state index is 13.6. The SMILES string of the molecule is CCN(Cc1cccc(F)c1)C(=O)c1cc(-c2ccccc2)nc2c1c(C)nn2C. The monoisotopic (exact) mass is 402 g/mol. The Hall–Kier alpha value is -3.54. The van der Waals surface area contributed by atoms with Crippen LogP contribution in [0.25, 0.3) is 22.3 Å². The predicted molar refractivity (Wildman–Crippen MR) is 115 cm³/mol. The van der Waals surface area contributed by atoms with Crippen LogP contribution >= 0.6 is 0 Å². The Balaban J connectivity index is 1.82. The molecule has 4 aromatic rings. The van der Waals surface area contributed by atoms with E-state index in [1.807, 2.05) is 63.4 Å². The third-order valence-corrected chi connectivity index (χ3v) is 5.20. The fourth-order valence-corrected chi connectivity index (χ4v) is 3.72. The van der Waals surface area contributed by atoms with Crippen molar-refractivity contribution in [2.45, 2.75) is 20.4 Å². The topological polar surface area (TPSA) is 51.0 Å². The van der Waals surface area contributed by atoms with E-state index >= 15 is 0 Å². The lowest BCUT2D eigenvalue weighted by Gasteiger charge is -2.22. The first-order valence-electron chi connectivity index (χ1n) is 9.91. The van der Waals surface area contributed by atoms with E-state index in [0.717, 1.165) is 27.9 Å². The van der Waals surface area contributed by atoms with Gasteiger partial charge in [0, 0.05) is 25.7 Å². The van der Waals surface area contributed by atoms with Crippen LogP contribution in [0.3, 0.4) is 0 Å². The van der Waals surface area contributed by atoms with E-state index in [1.54, 1.807) is 15.6 Å². The Bertz CT molecular complexity index is 1220. The van der Waals surface area contributed by atoms with Crippen molar-refractivity contribution in [1.29, 1.82) is 0 Å². The highest BCUT2D eigenvalue weighted by Crippen LogP contribution is 2.28. The first kappa shape index (κ1) is 19.8. The number of halogens is 1. The van der Waals surface area contributed by atoms with Gasteiger partial charge in [0.25, 0.3) is 5.91 Å². The highest BCUT2D eigenvalue weighted by Gasteiger charge is 2.23. The molecule has 4 rings (SSSR count). The molecule has 30 heavy (non-hydrogen) atoms. The number of pyridine rings is 1. The summed E-state index contributed by atoms with van der Waals surface area (Å²) in [6.45, 7) is 4.63. The largest absolute Gasteiger partial charge is 0.335 e. The van der Waals surface area contributed by atoms with Gasteiger partial charge in [-0.2, -0.15) is 5.10 Å². The molecule has 0 aliphatic carbocycles. The summed E-state index contributed by atoms with van der Waals surface area (Å²) in [6, 6.07) is 18.0. The molecule has 0 atom stereocenters. The zero-order valence-corrected chi connectivity index (χ0v) is 17.3. The van der Waals surface area contributed by atoms with Gasteiger partial charge in [-0.1, -0.05) is 42.5 Å². The van der Waals surface area contributed by atoms with Gasteiger partial charge in [0.05, 0.1) is 22.3 Å². The molecule has 0 fully saturated rings. The molecular formula is C24H23FN4O. The second kappa shape index (κ2) is 8.06. The van der Waals surface area contributed by atoms with E-state index in [9.17, 15) is 9.18 Å². The fraction of sp³-hybridized carbons (Fsp3) is 0.208. The molecule has 2 aromatic carbocycles. The van der Waals surface area contributed by atoms with Gasteiger partial charge < -0.3 is 4.90 Å². The summed E-state index contributed by atoms with van der Waals surface area (Å²) in [7, 11) is 1.83. The molecule has 0 radical (unpaired) electrons. The van der Waals surface area contributed by atoms with Crippen LogP contribution in [-0.2, 0) is 13.6 Å². The van der Waals surface area contributed by atoms with E-state index < -0.39 is 0 Å². The van der Waals surface area contributed by atoms with E-state index in [1.165, 1.54) is 12.1 Å². The van der Waals surface area contributed by atoms with Crippen LogP contribution in [0, 0.1) is 12.7 Å². The highest BCUT2D eigenvalue weighted by atomic mass is 19.1. The number of hydrogen-bond acceptors (Lipinski definition) is 3. The molecule has 5 nitrogen and oxygen atoms in total. The van der Waals surface area contributed by atoms with Gasteiger partial charge in [-0.3, -0.25) is 9.48 Å². The van der Waals surface area contributed by atoms with E-state index in [0.29, 0.717) is 24.3 Å². The van der Waals surface area contributed by atoms with Crippen LogP contribution in [0.4, 0.5) is 4.39 Å². The second-order valence-corrected chi connectivity index (χ2v) is 7.28. The minimum absolute atomic E-state index is 0.123. The Kier molecular flexibility index (Phi) is 5.31. The second-order valence-electron chi connectivity index (χ2n) is 7.28. The van der Waals surface area contributed by atoms with Crippen molar-refractivity contribution in [3.05, 3.63) is 83.3 Å². The molecule has 152 valence electrons. The van der Waals surface area contributed by atoms with Crippen LogP contribution < -0.4 is 0 Å². The number of fused-ring (bicyclic) bond motifs is 1. The molecule has 2 heterocycles. The number of hydrogen-bond donors (Lipinski definition) is 0. The van der Waals surface area contributed by atoms with Crippen molar-refractivity contribution in [3.8, 4) is 11.3 Å². The number of nitrogens with zero attached hydrogens (tertiary/aromatic N) is 4. The minimum Gasteiger partial charge on any atom is -0.335 e. The van der Waals surface area contributed by atoms with Gasteiger partial charge >= 0.3 is 0 Å². The lowest BCUT2D eigenvalue weighted by Crippen LogP contribution is -2.30. The normalized spacial score (nSPS) is 11.1. The van der Waals surface area contributed by atoms with Gasteiger partial charge in [0.15, 0.2) is 5.65 Å². The van der Waals surface area contributed by atoms with Gasteiger partial charge in [0.1, 0.15) is 5.82 Å². The molecule has 0 saturated heterocycles. The third-order valence-electron chi connectivity index (χ3n) is 5.20. The fourth-order valence-electron chi connectivity index (χ4n) is 3.72. The van der Waals surface area contributed by atoms with Crippen molar-refractivity contribution < 1.29 is 9.18 Å². The standard InChI is InChI=1S/C24H23FN4O/c1-4-29(15-17-9-8-12-19(25)13-17)24(30)20-14-21(18-10-6-5-7-11-18)26-23-22(20)16(2)27-28(23)3/h5-14H,4,15H2,1-3H3. The summed E-state index contributed by atoms with van der Waals surface area (Å²) in [5.74, 6) is -0.431. The van der Waals surface area contributed by atoms with E-state index in [4.69, 9.17) is 4.98 Å². The highest BCUT2D eigenvalue weighted by molar-refractivity contribution is 6.07. The number of rotatable bonds is 5. The van der Waals surface area contributed by atoms with Crippen molar-refractivity contribution >= 4 is 16.9 Å². The van der Waals surface area contributed by atoms with Crippen molar-refractivity contribution in [2.24, 2.45) is 7.05 Å². The summed E-state index contributed by atoms with van der Waals surface area (Å²) in [5, 5.41) is 5.23. The molecule has 1 amide bonds. The number of aromatic nitrogens is 3. The first-order chi connectivity index (χ1) is 14.5. The van der Waals surface area contributed by atoms with Crippen molar-refractivity contribution in [3.63, 3.8) is 0 Å². The molecule has 2 aromatic heterocycles. The summed E-state index contributed by atoms with van der Waals surface area (Å²) >= 11 is 0. The number of benzene rings is 2. The molecule has 0 unspecified atom stereocenters. The maximum absolute atomic E-state index is 13.6. The van der Waals surface area contributed by atoms with Crippen LogP contribution in [0.15, 0.2) is 60.7 Å². The van der Waals surface area contributed by atoms with Crippen LogP contribution in [0.5, 0.6) is 0 Å². The van der Waals surface area contributed by atoms with Crippen LogP contribution in [0.2, 0.25) is 0 Å². The molecular weight excluding hydrogens is 379 g/mol. The molecule has 0 spiro atoms. The van der Waals surface area contributed by atoms with Gasteiger partial charge in [0.2, 0.25) is 0 Å². The zero-order chi connectivity index (χ0) is 21.3. The number of carbonyl (C=O) groups excluding carboxylic acids is 1. The summed E-state index contributed by atoms with van der Waals surface area (Å²) in [5.41, 5.74) is 4.38. The third kappa shape index (κ3) is 3.68. The summed E-state index contributed by atoms with van der Waals surface area (Å²) in [4.78, 5) is 20.1.